The van der Waals surface area contributed by atoms with Gasteiger partial charge in [0.05, 0.1) is 5.69 Å². The predicted octanol–water partition coefficient (Wildman–Crippen LogP) is 2.21. The second kappa shape index (κ2) is 7.23. The average molecular weight is 358 g/mol. The lowest BCUT2D eigenvalue weighted by Crippen LogP contribution is -2.38. The van der Waals surface area contributed by atoms with E-state index >= 15 is 0 Å². The Morgan fingerprint density at radius 3 is 2.40 bits per heavy atom. The van der Waals surface area contributed by atoms with Gasteiger partial charge in [-0.3, -0.25) is 9.59 Å². The van der Waals surface area contributed by atoms with Crippen LogP contribution in [0.15, 0.2) is 29.6 Å². The van der Waals surface area contributed by atoms with Crippen molar-refractivity contribution in [1.82, 2.24) is 9.88 Å². The van der Waals surface area contributed by atoms with Crippen molar-refractivity contribution < 1.29 is 9.59 Å². The van der Waals surface area contributed by atoms with E-state index in [-0.39, 0.29) is 17.7 Å². The van der Waals surface area contributed by atoms with Crippen LogP contribution in [-0.2, 0) is 4.79 Å². The van der Waals surface area contributed by atoms with E-state index in [9.17, 15) is 9.59 Å². The maximum Gasteiger partial charge on any atom is 0.253 e. The standard InChI is InChI=1S/C18H22N4O2S/c1-21(2)17(24)14-5-3-12(4-6-14)15-11-25-18(20-15)22-9-7-13(8-10-22)16(19)23/h3-6,11,13H,7-10H2,1-2H3,(H2,19,23). The molecule has 0 atom stereocenters. The summed E-state index contributed by atoms with van der Waals surface area (Å²) < 4.78 is 0. The number of carbonyl (C=O) groups is 2. The third kappa shape index (κ3) is 3.82. The molecule has 1 aliphatic heterocycles. The molecule has 1 aromatic carbocycles. The molecule has 7 heteroatoms. The molecule has 1 aliphatic rings. The van der Waals surface area contributed by atoms with Gasteiger partial charge in [-0.2, -0.15) is 0 Å². The Hall–Kier alpha value is -2.41. The van der Waals surface area contributed by atoms with Gasteiger partial charge in [0, 0.05) is 49.6 Å². The second-order valence-electron chi connectivity index (χ2n) is 6.46. The Morgan fingerprint density at radius 2 is 1.84 bits per heavy atom. The molecule has 0 unspecified atom stereocenters. The minimum Gasteiger partial charge on any atom is -0.369 e. The zero-order chi connectivity index (χ0) is 18.0. The summed E-state index contributed by atoms with van der Waals surface area (Å²) in [5, 5.41) is 2.99. The summed E-state index contributed by atoms with van der Waals surface area (Å²) in [6.07, 6.45) is 1.57. The fourth-order valence-corrected chi connectivity index (χ4v) is 3.83. The molecule has 2 heterocycles. The molecule has 132 valence electrons. The predicted molar refractivity (Wildman–Crippen MR) is 99.7 cm³/mol. The van der Waals surface area contributed by atoms with E-state index < -0.39 is 0 Å². The molecule has 0 spiro atoms. The Morgan fingerprint density at radius 1 is 1.20 bits per heavy atom. The fourth-order valence-electron chi connectivity index (χ4n) is 2.94. The number of carbonyl (C=O) groups excluding carboxylic acids is 2. The molecule has 0 aliphatic carbocycles. The summed E-state index contributed by atoms with van der Waals surface area (Å²) in [4.78, 5) is 31.7. The van der Waals surface area contributed by atoms with Gasteiger partial charge in [-0.15, -0.1) is 11.3 Å². The zero-order valence-electron chi connectivity index (χ0n) is 14.4. The number of piperidine rings is 1. The minimum absolute atomic E-state index is 0.0113. The Balaban J connectivity index is 1.69. The number of thiazole rings is 1. The van der Waals surface area contributed by atoms with Crippen molar-refractivity contribution in [2.75, 3.05) is 32.1 Å². The van der Waals surface area contributed by atoms with Crippen molar-refractivity contribution in [2.45, 2.75) is 12.8 Å². The van der Waals surface area contributed by atoms with E-state index in [1.807, 2.05) is 29.6 Å². The summed E-state index contributed by atoms with van der Waals surface area (Å²) in [7, 11) is 3.48. The molecule has 1 fully saturated rings. The number of nitrogens with two attached hydrogens (primary N) is 1. The molecule has 2 aromatic rings. The molecule has 25 heavy (non-hydrogen) atoms. The molecular formula is C18H22N4O2S. The van der Waals surface area contributed by atoms with E-state index in [0.29, 0.717) is 5.56 Å². The molecule has 2 N–H and O–H groups in total. The number of primary amides is 1. The molecule has 6 nitrogen and oxygen atoms in total. The van der Waals surface area contributed by atoms with Crippen LogP contribution in [0.3, 0.4) is 0 Å². The number of rotatable bonds is 4. The lowest BCUT2D eigenvalue weighted by atomic mass is 9.97. The summed E-state index contributed by atoms with van der Waals surface area (Å²) in [5.74, 6) is -0.230. The smallest absolute Gasteiger partial charge is 0.253 e. The monoisotopic (exact) mass is 358 g/mol. The molecule has 0 radical (unpaired) electrons. The van der Waals surface area contributed by atoms with Crippen molar-refractivity contribution in [3.63, 3.8) is 0 Å². The topological polar surface area (TPSA) is 79.5 Å². The van der Waals surface area contributed by atoms with Gasteiger partial charge in [-0.1, -0.05) is 12.1 Å². The van der Waals surface area contributed by atoms with Crippen LogP contribution in [0.4, 0.5) is 5.13 Å². The first-order valence-corrected chi connectivity index (χ1v) is 9.15. The van der Waals surface area contributed by atoms with Crippen LogP contribution in [0.2, 0.25) is 0 Å². The highest BCUT2D eigenvalue weighted by molar-refractivity contribution is 7.14. The molecular weight excluding hydrogens is 336 g/mol. The van der Waals surface area contributed by atoms with Gasteiger partial charge in [0.15, 0.2) is 5.13 Å². The lowest BCUT2D eigenvalue weighted by molar-refractivity contribution is -0.122. The van der Waals surface area contributed by atoms with Crippen molar-refractivity contribution in [1.29, 1.82) is 0 Å². The Kier molecular flexibility index (Phi) is 5.03. The fraction of sp³-hybridized carbons (Fsp3) is 0.389. The minimum atomic E-state index is -0.202. The average Bonchev–Trinajstić information content (AvgIpc) is 3.11. The molecule has 0 saturated carbocycles. The first kappa shape index (κ1) is 17.4. The quantitative estimate of drug-likeness (QED) is 0.909. The third-order valence-corrected chi connectivity index (χ3v) is 5.40. The Labute approximate surface area is 151 Å². The molecule has 3 rings (SSSR count). The molecule has 1 saturated heterocycles. The summed E-state index contributed by atoms with van der Waals surface area (Å²) >= 11 is 1.60. The van der Waals surface area contributed by atoms with Gasteiger partial charge in [0.2, 0.25) is 5.91 Å². The van der Waals surface area contributed by atoms with Gasteiger partial charge in [0.1, 0.15) is 0 Å². The van der Waals surface area contributed by atoms with Crippen molar-refractivity contribution in [3.8, 4) is 11.3 Å². The molecule has 2 amide bonds. The number of anilines is 1. The number of aromatic nitrogens is 1. The number of benzene rings is 1. The van der Waals surface area contributed by atoms with Gasteiger partial charge < -0.3 is 15.5 Å². The maximum atomic E-state index is 12.0. The molecule has 0 bridgehead atoms. The third-order valence-electron chi connectivity index (χ3n) is 4.49. The highest BCUT2D eigenvalue weighted by Gasteiger charge is 2.24. The van der Waals surface area contributed by atoms with Crippen LogP contribution in [0.5, 0.6) is 0 Å². The number of amides is 2. The van der Waals surface area contributed by atoms with Gasteiger partial charge in [-0.05, 0) is 25.0 Å². The van der Waals surface area contributed by atoms with Crippen molar-refractivity contribution in [3.05, 3.63) is 35.2 Å². The van der Waals surface area contributed by atoms with Gasteiger partial charge in [0.25, 0.3) is 5.91 Å². The normalized spacial score (nSPS) is 15.2. The number of hydrogen-bond donors (Lipinski definition) is 1. The first-order valence-electron chi connectivity index (χ1n) is 8.27. The SMILES string of the molecule is CN(C)C(=O)c1ccc(-c2csc(N3CCC(C(N)=O)CC3)n2)cc1. The van der Waals surface area contributed by atoms with E-state index in [1.165, 1.54) is 0 Å². The highest BCUT2D eigenvalue weighted by Crippen LogP contribution is 2.30. The Bertz CT molecular complexity index is 762. The van der Waals surface area contributed by atoms with Gasteiger partial charge >= 0.3 is 0 Å². The van der Waals surface area contributed by atoms with Crippen LogP contribution in [0.1, 0.15) is 23.2 Å². The van der Waals surface area contributed by atoms with E-state index in [1.54, 1.807) is 30.3 Å². The number of nitrogens with zero attached hydrogens (tertiary/aromatic N) is 3. The molecule has 1 aromatic heterocycles. The highest BCUT2D eigenvalue weighted by atomic mass is 32.1. The summed E-state index contributed by atoms with van der Waals surface area (Å²) in [6.45, 7) is 1.60. The first-order chi connectivity index (χ1) is 12.0. The van der Waals surface area contributed by atoms with E-state index in [2.05, 4.69) is 4.90 Å². The van der Waals surface area contributed by atoms with Crippen LogP contribution in [-0.4, -0.2) is 48.9 Å². The largest absolute Gasteiger partial charge is 0.369 e. The van der Waals surface area contributed by atoms with Crippen molar-refractivity contribution >= 4 is 28.3 Å². The van der Waals surface area contributed by atoms with E-state index in [4.69, 9.17) is 10.7 Å². The van der Waals surface area contributed by atoms with Crippen LogP contribution in [0.25, 0.3) is 11.3 Å². The van der Waals surface area contributed by atoms with Crippen LogP contribution in [0, 0.1) is 5.92 Å². The lowest BCUT2D eigenvalue weighted by Gasteiger charge is -2.30. The van der Waals surface area contributed by atoms with Crippen LogP contribution < -0.4 is 10.6 Å². The summed E-state index contributed by atoms with van der Waals surface area (Å²) in [5.41, 5.74) is 7.94. The van der Waals surface area contributed by atoms with E-state index in [0.717, 1.165) is 42.3 Å². The van der Waals surface area contributed by atoms with Crippen LogP contribution >= 0.6 is 11.3 Å². The second-order valence-corrected chi connectivity index (χ2v) is 7.29. The summed E-state index contributed by atoms with van der Waals surface area (Å²) in [6, 6.07) is 7.51. The zero-order valence-corrected chi connectivity index (χ0v) is 15.3. The van der Waals surface area contributed by atoms with Crippen molar-refractivity contribution in [2.24, 2.45) is 11.7 Å². The van der Waals surface area contributed by atoms with Gasteiger partial charge in [-0.25, -0.2) is 4.98 Å². The maximum absolute atomic E-state index is 12.0. The number of hydrogen-bond acceptors (Lipinski definition) is 5.